The first-order valence-electron chi connectivity index (χ1n) is 9.46. The topological polar surface area (TPSA) is 92.8 Å². The van der Waals surface area contributed by atoms with Crippen LogP contribution in [0.4, 0.5) is 5.69 Å². The van der Waals surface area contributed by atoms with Gasteiger partial charge in [-0.25, -0.2) is 9.69 Å². The van der Waals surface area contributed by atoms with Crippen LogP contribution in [0.3, 0.4) is 0 Å². The second-order valence-electron chi connectivity index (χ2n) is 6.87. The summed E-state index contributed by atoms with van der Waals surface area (Å²) < 4.78 is 5.03. The van der Waals surface area contributed by atoms with E-state index in [1.807, 2.05) is 13.8 Å². The lowest BCUT2D eigenvalue weighted by atomic mass is 10.1. The molecule has 0 aliphatic carbocycles. The van der Waals surface area contributed by atoms with Gasteiger partial charge >= 0.3 is 5.97 Å². The Bertz CT molecular complexity index is 917. The van der Waals surface area contributed by atoms with Crippen molar-refractivity contribution >= 4 is 29.4 Å². The molecule has 2 aromatic carbocycles. The Morgan fingerprint density at radius 3 is 2.14 bits per heavy atom. The molecule has 0 bridgehead atoms. The number of benzene rings is 2. The van der Waals surface area contributed by atoms with Gasteiger partial charge in [-0.05, 0) is 49.7 Å². The number of amides is 3. The average Bonchev–Trinajstić information content (AvgIpc) is 2.97. The molecule has 7 heteroatoms. The first-order valence-corrected chi connectivity index (χ1v) is 9.46. The summed E-state index contributed by atoms with van der Waals surface area (Å²) in [5, 5.41) is 2.75. The zero-order chi connectivity index (χ0) is 21.0. The Hall–Kier alpha value is -3.48. The Labute approximate surface area is 168 Å². The van der Waals surface area contributed by atoms with Crippen LogP contribution in [0, 0.1) is 0 Å². The van der Waals surface area contributed by atoms with Crippen LogP contribution in [0.25, 0.3) is 0 Å². The van der Waals surface area contributed by atoms with E-state index in [1.54, 1.807) is 24.3 Å². The van der Waals surface area contributed by atoms with Crippen molar-refractivity contribution in [2.75, 3.05) is 11.5 Å². The molecule has 1 heterocycles. The number of imide groups is 1. The molecule has 1 aliphatic rings. The lowest BCUT2D eigenvalue weighted by Crippen LogP contribution is -2.35. The number of esters is 1. The van der Waals surface area contributed by atoms with Gasteiger partial charge in [0.05, 0.1) is 22.4 Å². The molecular formula is C22H22N2O5. The van der Waals surface area contributed by atoms with E-state index in [4.69, 9.17) is 4.74 Å². The molecule has 1 N–H and O–H groups in total. The zero-order valence-corrected chi connectivity index (χ0v) is 16.3. The van der Waals surface area contributed by atoms with Gasteiger partial charge in [0.1, 0.15) is 0 Å². The van der Waals surface area contributed by atoms with Crippen LogP contribution in [0.5, 0.6) is 0 Å². The molecule has 150 valence electrons. The summed E-state index contributed by atoms with van der Waals surface area (Å²) in [5.41, 5.74) is 1.28. The van der Waals surface area contributed by atoms with Crippen molar-refractivity contribution in [2.45, 2.75) is 32.7 Å². The van der Waals surface area contributed by atoms with Crippen molar-refractivity contribution < 1.29 is 23.9 Å². The second kappa shape index (κ2) is 8.68. The fourth-order valence-electron chi connectivity index (χ4n) is 3.21. The predicted molar refractivity (Wildman–Crippen MR) is 107 cm³/mol. The van der Waals surface area contributed by atoms with Crippen LogP contribution in [0.15, 0.2) is 48.5 Å². The van der Waals surface area contributed by atoms with Crippen molar-refractivity contribution in [1.82, 2.24) is 5.32 Å². The van der Waals surface area contributed by atoms with E-state index in [0.717, 1.165) is 17.7 Å². The summed E-state index contributed by atoms with van der Waals surface area (Å²) in [6.45, 7) is 3.54. The van der Waals surface area contributed by atoms with E-state index in [2.05, 4.69) is 5.32 Å². The van der Waals surface area contributed by atoms with Crippen LogP contribution in [-0.2, 0) is 9.53 Å². The van der Waals surface area contributed by atoms with Crippen LogP contribution in [-0.4, -0.2) is 36.3 Å². The molecule has 0 saturated heterocycles. The maximum absolute atomic E-state index is 12.5. The lowest BCUT2D eigenvalue weighted by molar-refractivity contribution is -0.124. The minimum atomic E-state index is -0.655. The molecule has 0 aromatic heterocycles. The van der Waals surface area contributed by atoms with Gasteiger partial charge in [-0.15, -0.1) is 0 Å². The molecule has 2 aromatic rings. The fraction of sp³-hybridized carbons (Fsp3) is 0.273. The van der Waals surface area contributed by atoms with Gasteiger partial charge in [0.25, 0.3) is 17.7 Å². The third-order valence-corrected chi connectivity index (χ3v) is 4.62. The van der Waals surface area contributed by atoms with Crippen molar-refractivity contribution in [3.8, 4) is 0 Å². The van der Waals surface area contributed by atoms with Gasteiger partial charge in [-0.3, -0.25) is 14.4 Å². The predicted octanol–water partition coefficient (Wildman–Crippen LogP) is 2.95. The minimum Gasteiger partial charge on any atom is -0.452 e. The molecule has 29 heavy (non-hydrogen) atoms. The molecule has 0 fully saturated rings. The van der Waals surface area contributed by atoms with E-state index < -0.39 is 17.8 Å². The Balaban J connectivity index is 1.62. The average molecular weight is 394 g/mol. The highest BCUT2D eigenvalue weighted by Crippen LogP contribution is 2.28. The van der Waals surface area contributed by atoms with E-state index >= 15 is 0 Å². The smallest absolute Gasteiger partial charge is 0.338 e. The Morgan fingerprint density at radius 2 is 1.59 bits per heavy atom. The number of rotatable bonds is 7. The number of fused-ring (bicyclic) bond motifs is 1. The first kappa shape index (κ1) is 20.3. The number of hydrogen-bond donors (Lipinski definition) is 1. The van der Waals surface area contributed by atoms with Crippen molar-refractivity contribution in [2.24, 2.45) is 0 Å². The second-order valence-corrected chi connectivity index (χ2v) is 6.87. The summed E-state index contributed by atoms with van der Waals surface area (Å²) in [6, 6.07) is 12.5. The summed E-state index contributed by atoms with van der Waals surface area (Å²) in [7, 11) is 0. The Kier molecular flexibility index (Phi) is 6.07. The number of nitrogens with one attached hydrogen (secondary N) is 1. The van der Waals surface area contributed by atoms with E-state index in [0.29, 0.717) is 16.8 Å². The van der Waals surface area contributed by atoms with Crippen molar-refractivity contribution in [3.63, 3.8) is 0 Å². The van der Waals surface area contributed by atoms with Crippen LogP contribution >= 0.6 is 0 Å². The SMILES string of the molecule is CCCC(C)NC(=O)COC(=O)c1ccc(N2C(=O)c3ccccc3C2=O)cc1. The number of ether oxygens (including phenoxy) is 1. The summed E-state index contributed by atoms with van der Waals surface area (Å²) >= 11 is 0. The van der Waals surface area contributed by atoms with Gasteiger partial charge in [0, 0.05) is 6.04 Å². The molecule has 0 saturated carbocycles. The standard InChI is InChI=1S/C22H22N2O5/c1-3-6-14(2)23-19(25)13-29-22(28)15-9-11-16(12-10-15)24-20(26)17-7-4-5-8-18(17)21(24)27/h4-5,7-12,14H,3,6,13H2,1-2H3,(H,23,25). The van der Waals surface area contributed by atoms with Crippen molar-refractivity contribution in [1.29, 1.82) is 0 Å². The third kappa shape index (κ3) is 4.34. The lowest BCUT2D eigenvalue weighted by Gasteiger charge is -2.14. The molecular weight excluding hydrogens is 372 g/mol. The number of nitrogens with zero attached hydrogens (tertiary/aromatic N) is 1. The highest BCUT2D eigenvalue weighted by molar-refractivity contribution is 6.34. The number of carbonyl (C=O) groups excluding carboxylic acids is 4. The van der Waals surface area contributed by atoms with Gasteiger partial charge in [-0.2, -0.15) is 0 Å². The summed E-state index contributed by atoms with van der Waals surface area (Å²) in [6.07, 6.45) is 1.79. The quantitative estimate of drug-likeness (QED) is 0.576. The van der Waals surface area contributed by atoms with E-state index in [1.165, 1.54) is 24.3 Å². The van der Waals surface area contributed by atoms with Gasteiger partial charge in [0.2, 0.25) is 0 Å². The maximum atomic E-state index is 12.5. The molecule has 3 amide bonds. The number of hydrogen-bond acceptors (Lipinski definition) is 5. The zero-order valence-electron chi connectivity index (χ0n) is 16.3. The van der Waals surface area contributed by atoms with Gasteiger partial charge in [-0.1, -0.05) is 25.5 Å². The van der Waals surface area contributed by atoms with Gasteiger partial charge < -0.3 is 10.1 Å². The fourth-order valence-corrected chi connectivity index (χ4v) is 3.21. The molecule has 3 rings (SSSR count). The van der Waals surface area contributed by atoms with Gasteiger partial charge in [0.15, 0.2) is 6.61 Å². The van der Waals surface area contributed by atoms with Crippen LogP contribution < -0.4 is 10.2 Å². The monoisotopic (exact) mass is 394 g/mol. The molecule has 1 atom stereocenters. The van der Waals surface area contributed by atoms with E-state index in [9.17, 15) is 19.2 Å². The normalized spacial score (nSPS) is 13.8. The molecule has 1 unspecified atom stereocenters. The maximum Gasteiger partial charge on any atom is 0.338 e. The molecule has 0 radical (unpaired) electrons. The van der Waals surface area contributed by atoms with Crippen LogP contribution in [0.2, 0.25) is 0 Å². The molecule has 1 aliphatic heterocycles. The third-order valence-electron chi connectivity index (χ3n) is 4.62. The Morgan fingerprint density at radius 1 is 1.00 bits per heavy atom. The minimum absolute atomic E-state index is 0.0187. The summed E-state index contributed by atoms with van der Waals surface area (Å²) in [4.78, 5) is 50.0. The van der Waals surface area contributed by atoms with Crippen LogP contribution in [0.1, 0.15) is 57.8 Å². The highest BCUT2D eigenvalue weighted by atomic mass is 16.5. The van der Waals surface area contributed by atoms with Crippen molar-refractivity contribution in [3.05, 3.63) is 65.2 Å². The highest BCUT2D eigenvalue weighted by Gasteiger charge is 2.36. The largest absolute Gasteiger partial charge is 0.452 e. The first-order chi connectivity index (χ1) is 13.9. The number of carbonyl (C=O) groups is 4. The van der Waals surface area contributed by atoms with E-state index in [-0.39, 0.29) is 24.1 Å². The molecule has 0 spiro atoms. The molecule has 7 nitrogen and oxygen atoms in total. The summed E-state index contributed by atoms with van der Waals surface area (Å²) in [5.74, 6) is -1.82. The number of anilines is 1.